The van der Waals surface area contributed by atoms with E-state index in [9.17, 15) is 0 Å². The average Bonchev–Trinajstić information content (AvgIpc) is 2.33. The van der Waals surface area contributed by atoms with Gasteiger partial charge in [0.05, 0.1) is 0 Å². The lowest BCUT2D eigenvalue weighted by Crippen LogP contribution is -2.43. The number of fused-ring (bicyclic) bond motifs is 2. The molecule has 74 valence electrons. The fourth-order valence-corrected chi connectivity index (χ4v) is 3.16. The van der Waals surface area contributed by atoms with Crippen LogP contribution in [0.1, 0.15) is 25.7 Å². The van der Waals surface area contributed by atoms with Crippen LogP contribution in [0.5, 0.6) is 0 Å². The van der Waals surface area contributed by atoms with Crippen molar-refractivity contribution >= 4 is 23.2 Å². The molecule has 2 bridgehead atoms. The van der Waals surface area contributed by atoms with Crippen LogP contribution >= 0.6 is 23.2 Å². The van der Waals surface area contributed by atoms with Gasteiger partial charge < -0.3 is 0 Å². The first-order valence-electron chi connectivity index (χ1n) is 4.96. The van der Waals surface area contributed by atoms with Crippen LogP contribution in [0, 0.1) is 0 Å². The minimum atomic E-state index is 0.411. The van der Waals surface area contributed by atoms with E-state index in [1.807, 2.05) is 6.08 Å². The highest BCUT2D eigenvalue weighted by atomic mass is 35.5. The van der Waals surface area contributed by atoms with E-state index in [0.29, 0.717) is 17.5 Å². The van der Waals surface area contributed by atoms with Gasteiger partial charge in [0.1, 0.15) is 0 Å². The number of rotatable bonds is 2. The van der Waals surface area contributed by atoms with Crippen LogP contribution in [-0.2, 0) is 0 Å². The zero-order chi connectivity index (χ0) is 9.26. The number of piperidine rings is 1. The van der Waals surface area contributed by atoms with Gasteiger partial charge in [-0.2, -0.15) is 0 Å². The highest BCUT2D eigenvalue weighted by Gasteiger charge is 2.39. The maximum atomic E-state index is 6.17. The molecule has 0 aliphatic carbocycles. The van der Waals surface area contributed by atoms with E-state index in [1.165, 1.54) is 12.8 Å². The molecule has 3 heteroatoms. The molecule has 0 aromatic heterocycles. The predicted octanol–water partition coefficient (Wildman–Crippen LogP) is 2.97. The normalized spacial score (nSPS) is 40.3. The molecule has 2 saturated heterocycles. The van der Waals surface area contributed by atoms with E-state index in [-0.39, 0.29) is 0 Å². The Morgan fingerprint density at radius 3 is 2.38 bits per heavy atom. The van der Waals surface area contributed by atoms with E-state index >= 15 is 0 Å². The molecule has 2 aliphatic rings. The molecular weight excluding hydrogens is 205 g/mol. The van der Waals surface area contributed by atoms with Gasteiger partial charge in [-0.25, -0.2) is 0 Å². The number of hydrogen-bond donors (Lipinski definition) is 0. The Bertz CT molecular complexity index is 191. The zero-order valence-corrected chi connectivity index (χ0v) is 9.14. The van der Waals surface area contributed by atoms with Crippen LogP contribution in [-0.4, -0.2) is 28.9 Å². The van der Waals surface area contributed by atoms with Gasteiger partial charge in [0.15, 0.2) is 0 Å². The van der Waals surface area contributed by atoms with Crippen molar-refractivity contribution in [3.05, 3.63) is 11.6 Å². The first-order valence-corrected chi connectivity index (χ1v) is 5.83. The summed E-state index contributed by atoms with van der Waals surface area (Å²) in [4.78, 5) is 2.55. The molecule has 2 fully saturated rings. The van der Waals surface area contributed by atoms with Crippen molar-refractivity contribution in [1.82, 2.24) is 4.90 Å². The van der Waals surface area contributed by atoms with Crippen LogP contribution in [0.15, 0.2) is 11.6 Å². The Hall–Kier alpha value is 0.280. The smallest absolute Gasteiger partial charge is 0.0365 e. The summed E-state index contributed by atoms with van der Waals surface area (Å²) in [7, 11) is 0. The van der Waals surface area contributed by atoms with Gasteiger partial charge in [0, 0.05) is 29.5 Å². The van der Waals surface area contributed by atoms with Gasteiger partial charge in [0.25, 0.3) is 0 Å². The number of hydrogen-bond acceptors (Lipinski definition) is 1. The van der Waals surface area contributed by atoms with Gasteiger partial charge in [-0.15, -0.1) is 11.6 Å². The predicted molar refractivity (Wildman–Crippen MR) is 57.4 cm³/mol. The van der Waals surface area contributed by atoms with E-state index in [2.05, 4.69) is 4.90 Å². The Labute approximate surface area is 89.7 Å². The summed E-state index contributed by atoms with van der Waals surface area (Å²) in [6, 6.07) is 1.43. The quantitative estimate of drug-likeness (QED) is 0.646. The Morgan fingerprint density at radius 1 is 1.23 bits per heavy atom. The van der Waals surface area contributed by atoms with Crippen LogP contribution in [0.25, 0.3) is 0 Å². The molecule has 0 radical (unpaired) electrons. The lowest BCUT2D eigenvalue weighted by Gasteiger charge is -2.36. The first-order chi connectivity index (χ1) is 6.31. The number of alkyl halides is 1. The monoisotopic (exact) mass is 219 g/mol. The summed E-state index contributed by atoms with van der Waals surface area (Å²) in [5.74, 6) is 0. The van der Waals surface area contributed by atoms with E-state index < -0.39 is 0 Å². The summed E-state index contributed by atoms with van der Waals surface area (Å²) >= 11 is 11.7. The van der Waals surface area contributed by atoms with Crippen molar-refractivity contribution in [1.29, 1.82) is 0 Å². The van der Waals surface area contributed by atoms with Crippen LogP contribution < -0.4 is 0 Å². The molecule has 13 heavy (non-hydrogen) atoms. The third kappa shape index (κ3) is 2.03. The molecule has 0 amide bonds. The largest absolute Gasteiger partial charge is 0.294 e. The average molecular weight is 220 g/mol. The van der Waals surface area contributed by atoms with Gasteiger partial charge in [-0.1, -0.05) is 17.7 Å². The SMILES string of the molecule is Cl/C=C/CN1C2CCC1CC(Cl)C2. The van der Waals surface area contributed by atoms with Crippen molar-refractivity contribution in [2.75, 3.05) is 6.54 Å². The maximum Gasteiger partial charge on any atom is 0.0365 e. The van der Waals surface area contributed by atoms with Crippen molar-refractivity contribution < 1.29 is 0 Å². The molecule has 2 rings (SSSR count). The highest BCUT2D eigenvalue weighted by Crippen LogP contribution is 2.37. The molecule has 2 atom stereocenters. The van der Waals surface area contributed by atoms with Gasteiger partial charge >= 0.3 is 0 Å². The molecule has 2 heterocycles. The minimum Gasteiger partial charge on any atom is -0.294 e. The highest BCUT2D eigenvalue weighted by molar-refractivity contribution is 6.25. The summed E-state index contributed by atoms with van der Waals surface area (Å²) in [6.07, 6.45) is 7.00. The van der Waals surface area contributed by atoms with Crippen LogP contribution in [0.3, 0.4) is 0 Å². The third-order valence-corrected chi connectivity index (χ3v) is 3.77. The topological polar surface area (TPSA) is 3.24 Å². The first kappa shape index (κ1) is 9.82. The second-order valence-electron chi connectivity index (χ2n) is 4.01. The van der Waals surface area contributed by atoms with Gasteiger partial charge in [0.2, 0.25) is 0 Å². The molecule has 2 unspecified atom stereocenters. The lowest BCUT2D eigenvalue weighted by atomic mass is 10.0. The molecule has 1 nitrogen and oxygen atoms in total. The van der Waals surface area contributed by atoms with Crippen molar-refractivity contribution in [3.8, 4) is 0 Å². The lowest BCUT2D eigenvalue weighted by molar-refractivity contribution is 0.160. The molecule has 2 aliphatic heterocycles. The van der Waals surface area contributed by atoms with Crippen molar-refractivity contribution in [3.63, 3.8) is 0 Å². The molecule has 0 N–H and O–H groups in total. The Balaban J connectivity index is 1.98. The van der Waals surface area contributed by atoms with E-state index in [0.717, 1.165) is 19.4 Å². The summed E-state index contributed by atoms with van der Waals surface area (Å²) in [5, 5.41) is 0.411. The number of nitrogens with zero attached hydrogens (tertiary/aromatic N) is 1. The molecule has 0 spiro atoms. The standard InChI is InChI=1S/C10H15Cl2N/c11-4-1-5-13-9-2-3-10(13)7-8(12)6-9/h1,4,8-10H,2-3,5-7H2/b4-1+. The second-order valence-corrected chi connectivity index (χ2v) is 4.88. The fraction of sp³-hybridized carbons (Fsp3) is 0.800. The second kappa shape index (κ2) is 4.20. The zero-order valence-electron chi connectivity index (χ0n) is 7.63. The Kier molecular flexibility index (Phi) is 3.18. The van der Waals surface area contributed by atoms with E-state index in [4.69, 9.17) is 23.2 Å². The van der Waals surface area contributed by atoms with E-state index in [1.54, 1.807) is 5.54 Å². The molecule has 0 saturated carbocycles. The third-order valence-electron chi connectivity index (χ3n) is 3.23. The Morgan fingerprint density at radius 2 is 1.85 bits per heavy atom. The summed E-state index contributed by atoms with van der Waals surface area (Å²) in [5.41, 5.74) is 1.62. The molecular formula is C10H15Cl2N. The fourth-order valence-electron chi connectivity index (χ4n) is 2.67. The molecule has 0 aromatic rings. The van der Waals surface area contributed by atoms with Gasteiger partial charge in [-0.05, 0) is 25.7 Å². The van der Waals surface area contributed by atoms with Crippen LogP contribution in [0.4, 0.5) is 0 Å². The molecule has 0 aromatic carbocycles. The minimum absolute atomic E-state index is 0.411. The van der Waals surface area contributed by atoms with Crippen molar-refractivity contribution in [2.45, 2.75) is 43.1 Å². The van der Waals surface area contributed by atoms with Crippen LogP contribution in [0.2, 0.25) is 0 Å². The van der Waals surface area contributed by atoms with Gasteiger partial charge in [-0.3, -0.25) is 4.90 Å². The maximum absolute atomic E-state index is 6.17. The summed E-state index contributed by atoms with van der Waals surface area (Å²) < 4.78 is 0. The number of halogens is 2. The summed E-state index contributed by atoms with van der Waals surface area (Å²) in [6.45, 7) is 1.00. The van der Waals surface area contributed by atoms with Crippen molar-refractivity contribution in [2.24, 2.45) is 0 Å².